The van der Waals surface area contributed by atoms with Crippen LogP contribution in [-0.2, 0) is 11.2 Å². The number of hydrogen-bond donors (Lipinski definition) is 1. The molecule has 2 heterocycles. The third-order valence-electron chi connectivity index (χ3n) is 4.01. The highest BCUT2D eigenvalue weighted by Crippen LogP contribution is 2.26. The Bertz CT molecular complexity index is 621. The monoisotopic (exact) mass is 285 g/mol. The number of aromatic nitrogens is 1. The van der Waals surface area contributed by atoms with Crippen molar-refractivity contribution >= 4 is 22.4 Å². The number of ether oxygens (including phenoxy) is 1. The predicted molar refractivity (Wildman–Crippen MR) is 88.3 cm³/mol. The van der Waals surface area contributed by atoms with E-state index in [1.807, 2.05) is 7.05 Å². The van der Waals surface area contributed by atoms with Gasteiger partial charge in [0.15, 0.2) is 0 Å². The minimum Gasteiger partial charge on any atom is -0.378 e. The first-order valence-electron chi connectivity index (χ1n) is 7.76. The zero-order valence-corrected chi connectivity index (χ0v) is 12.9. The molecule has 1 aliphatic rings. The van der Waals surface area contributed by atoms with E-state index < -0.39 is 0 Å². The molecule has 2 aromatic rings. The van der Waals surface area contributed by atoms with Gasteiger partial charge < -0.3 is 15.0 Å². The lowest BCUT2D eigenvalue weighted by Crippen LogP contribution is -2.36. The Kier molecular flexibility index (Phi) is 4.25. The van der Waals surface area contributed by atoms with Gasteiger partial charge in [0.2, 0.25) is 0 Å². The summed E-state index contributed by atoms with van der Waals surface area (Å²) in [4.78, 5) is 7.13. The van der Waals surface area contributed by atoms with Gasteiger partial charge in [0, 0.05) is 31.2 Å². The largest absolute Gasteiger partial charge is 0.378 e. The van der Waals surface area contributed by atoms with Gasteiger partial charge in [0.05, 0.1) is 18.7 Å². The number of hydrogen-bond acceptors (Lipinski definition) is 4. The van der Waals surface area contributed by atoms with E-state index in [0.717, 1.165) is 50.5 Å². The van der Waals surface area contributed by atoms with Crippen LogP contribution in [0, 0.1) is 0 Å². The van der Waals surface area contributed by atoms with E-state index in [0.29, 0.717) is 0 Å². The molecule has 21 heavy (non-hydrogen) atoms. The number of pyridine rings is 1. The zero-order valence-electron chi connectivity index (χ0n) is 12.9. The van der Waals surface area contributed by atoms with Crippen LogP contribution in [0.3, 0.4) is 0 Å². The lowest BCUT2D eigenvalue weighted by Gasteiger charge is -2.29. The number of nitrogens with zero attached hydrogens (tertiary/aromatic N) is 2. The van der Waals surface area contributed by atoms with Crippen LogP contribution in [0.4, 0.5) is 11.5 Å². The topological polar surface area (TPSA) is 37.4 Å². The van der Waals surface area contributed by atoms with Gasteiger partial charge in [-0.05, 0) is 36.2 Å². The Morgan fingerprint density at radius 1 is 1.24 bits per heavy atom. The fraction of sp³-hybridized carbons (Fsp3) is 0.471. The number of morpholine rings is 1. The van der Waals surface area contributed by atoms with Crippen molar-refractivity contribution in [2.24, 2.45) is 0 Å². The fourth-order valence-electron chi connectivity index (χ4n) is 2.90. The highest BCUT2D eigenvalue weighted by atomic mass is 16.5. The molecule has 1 fully saturated rings. The summed E-state index contributed by atoms with van der Waals surface area (Å²) < 4.78 is 5.43. The molecule has 0 amide bonds. The fourth-order valence-corrected chi connectivity index (χ4v) is 2.90. The standard InChI is InChI=1S/C17H23N3O/c1-3-4-13-11-14-12-15(20-7-9-21-10-8-20)5-6-16(14)19-17(13)18-2/h5-6,11-12H,3-4,7-10H2,1-2H3,(H,18,19). The first-order chi connectivity index (χ1) is 10.3. The molecule has 0 bridgehead atoms. The first-order valence-corrected chi connectivity index (χ1v) is 7.76. The molecule has 1 aliphatic heterocycles. The molecule has 112 valence electrons. The van der Waals surface area contributed by atoms with E-state index >= 15 is 0 Å². The van der Waals surface area contributed by atoms with Crippen molar-refractivity contribution in [3.8, 4) is 0 Å². The van der Waals surface area contributed by atoms with Gasteiger partial charge in [-0.3, -0.25) is 0 Å². The van der Waals surface area contributed by atoms with E-state index in [9.17, 15) is 0 Å². The minimum atomic E-state index is 0.816. The van der Waals surface area contributed by atoms with Crippen LogP contribution < -0.4 is 10.2 Å². The summed E-state index contributed by atoms with van der Waals surface area (Å²) in [5, 5.41) is 4.44. The van der Waals surface area contributed by atoms with Gasteiger partial charge in [-0.25, -0.2) is 4.98 Å². The van der Waals surface area contributed by atoms with Crippen LogP contribution in [0.15, 0.2) is 24.3 Å². The maximum absolute atomic E-state index is 5.43. The molecule has 1 N–H and O–H groups in total. The molecule has 0 atom stereocenters. The Balaban J connectivity index is 1.99. The van der Waals surface area contributed by atoms with E-state index in [-0.39, 0.29) is 0 Å². The van der Waals surface area contributed by atoms with E-state index in [1.165, 1.54) is 16.6 Å². The van der Waals surface area contributed by atoms with Crippen molar-refractivity contribution < 1.29 is 4.74 Å². The van der Waals surface area contributed by atoms with Crippen LogP contribution in [0.1, 0.15) is 18.9 Å². The second-order valence-electron chi connectivity index (χ2n) is 5.47. The summed E-state index contributed by atoms with van der Waals surface area (Å²) in [6.45, 7) is 5.77. The summed E-state index contributed by atoms with van der Waals surface area (Å²) in [5.41, 5.74) is 3.62. The molecule has 4 heteroatoms. The molecular weight excluding hydrogens is 262 g/mol. The van der Waals surface area contributed by atoms with Gasteiger partial charge in [-0.2, -0.15) is 0 Å². The molecule has 0 unspecified atom stereocenters. The predicted octanol–water partition coefficient (Wildman–Crippen LogP) is 3.07. The summed E-state index contributed by atoms with van der Waals surface area (Å²) >= 11 is 0. The molecule has 1 aromatic carbocycles. The number of anilines is 2. The third kappa shape index (κ3) is 2.95. The summed E-state index contributed by atoms with van der Waals surface area (Å²) in [6, 6.07) is 8.82. The zero-order chi connectivity index (χ0) is 14.7. The van der Waals surface area contributed by atoms with Crippen LogP contribution >= 0.6 is 0 Å². The van der Waals surface area contributed by atoms with Gasteiger partial charge in [-0.1, -0.05) is 13.3 Å². The highest BCUT2D eigenvalue weighted by molar-refractivity contribution is 5.85. The summed E-state index contributed by atoms with van der Waals surface area (Å²) in [5.74, 6) is 1.00. The Morgan fingerprint density at radius 2 is 2.05 bits per heavy atom. The average molecular weight is 285 g/mol. The van der Waals surface area contributed by atoms with Crippen molar-refractivity contribution in [2.75, 3.05) is 43.6 Å². The number of rotatable bonds is 4. The van der Waals surface area contributed by atoms with Crippen molar-refractivity contribution in [3.63, 3.8) is 0 Å². The molecule has 0 saturated carbocycles. The number of fused-ring (bicyclic) bond motifs is 1. The van der Waals surface area contributed by atoms with Crippen molar-refractivity contribution in [2.45, 2.75) is 19.8 Å². The van der Waals surface area contributed by atoms with Crippen LogP contribution in [0.5, 0.6) is 0 Å². The van der Waals surface area contributed by atoms with Crippen molar-refractivity contribution in [1.29, 1.82) is 0 Å². The minimum absolute atomic E-state index is 0.816. The van der Waals surface area contributed by atoms with Crippen LogP contribution in [0.25, 0.3) is 10.9 Å². The second-order valence-corrected chi connectivity index (χ2v) is 5.47. The Hall–Kier alpha value is -1.81. The average Bonchev–Trinajstić information content (AvgIpc) is 2.55. The normalized spacial score (nSPS) is 15.4. The molecule has 1 saturated heterocycles. The molecule has 4 nitrogen and oxygen atoms in total. The smallest absolute Gasteiger partial charge is 0.129 e. The van der Waals surface area contributed by atoms with Crippen molar-refractivity contribution in [1.82, 2.24) is 4.98 Å². The summed E-state index contributed by atoms with van der Waals surface area (Å²) in [7, 11) is 1.94. The van der Waals surface area contributed by atoms with Crippen molar-refractivity contribution in [3.05, 3.63) is 29.8 Å². The Labute approximate surface area is 126 Å². The SMILES string of the molecule is CCCc1cc2cc(N3CCOCC3)ccc2nc1NC. The quantitative estimate of drug-likeness (QED) is 0.937. The van der Waals surface area contributed by atoms with E-state index in [2.05, 4.69) is 41.4 Å². The second kappa shape index (κ2) is 6.31. The molecule has 0 radical (unpaired) electrons. The third-order valence-corrected chi connectivity index (χ3v) is 4.01. The Morgan fingerprint density at radius 3 is 2.76 bits per heavy atom. The number of aryl methyl sites for hydroxylation is 1. The molecular formula is C17H23N3O. The first kappa shape index (κ1) is 14.1. The number of benzene rings is 1. The van der Waals surface area contributed by atoms with Gasteiger partial charge >= 0.3 is 0 Å². The van der Waals surface area contributed by atoms with E-state index in [4.69, 9.17) is 9.72 Å². The summed E-state index contributed by atoms with van der Waals surface area (Å²) in [6.07, 6.45) is 2.19. The van der Waals surface area contributed by atoms with Gasteiger partial charge in [0.1, 0.15) is 5.82 Å². The molecule has 1 aromatic heterocycles. The lowest BCUT2D eigenvalue weighted by atomic mass is 10.1. The molecule has 0 aliphatic carbocycles. The van der Waals surface area contributed by atoms with Gasteiger partial charge in [-0.15, -0.1) is 0 Å². The van der Waals surface area contributed by atoms with E-state index in [1.54, 1.807) is 0 Å². The lowest BCUT2D eigenvalue weighted by molar-refractivity contribution is 0.122. The van der Waals surface area contributed by atoms with Crippen LogP contribution in [0.2, 0.25) is 0 Å². The molecule has 0 spiro atoms. The maximum Gasteiger partial charge on any atom is 0.129 e. The van der Waals surface area contributed by atoms with Gasteiger partial charge in [0.25, 0.3) is 0 Å². The number of nitrogens with one attached hydrogen (secondary N) is 1. The molecule has 3 rings (SSSR count). The highest BCUT2D eigenvalue weighted by Gasteiger charge is 2.12. The van der Waals surface area contributed by atoms with Crippen LogP contribution in [-0.4, -0.2) is 38.3 Å². The maximum atomic E-state index is 5.43.